The fourth-order valence-corrected chi connectivity index (χ4v) is 1.43. The summed E-state index contributed by atoms with van der Waals surface area (Å²) in [6.07, 6.45) is -0.811. The van der Waals surface area contributed by atoms with E-state index in [4.69, 9.17) is 5.11 Å². The quantitative estimate of drug-likeness (QED) is 0.619. The Labute approximate surface area is 112 Å². The number of aliphatic hydroxyl groups excluding tert-OH is 1. The van der Waals surface area contributed by atoms with Crippen LogP contribution in [0.3, 0.4) is 0 Å². The highest BCUT2D eigenvalue weighted by Crippen LogP contribution is 2.13. The van der Waals surface area contributed by atoms with E-state index in [-0.39, 0.29) is 6.42 Å². The van der Waals surface area contributed by atoms with Crippen LogP contribution in [-0.2, 0) is 4.79 Å². The molecule has 1 unspecified atom stereocenters. The first kappa shape index (κ1) is 15.0. The Hall–Kier alpha value is -2.08. The highest BCUT2D eigenvalue weighted by molar-refractivity contribution is 5.91. The van der Waals surface area contributed by atoms with Gasteiger partial charge in [0.1, 0.15) is 0 Å². The lowest BCUT2D eigenvalue weighted by Gasteiger charge is -2.10. The lowest BCUT2D eigenvalue weighted by molar-refractivity contribution is -0.123. The lowest BCUT2D eigenvalue weighted by atomic mass is 10.1. The molecule has 1 atom stereocenters. The summed E-state index contributed by atoms with van der Waals surface area (Å²) in [4.78, 5) is 22.7. The molecule has 0 aliphatic rings. The van der Waals surface area contributed by atoms with E-state index in [1.54, 1.807) is 6.07 Å². The minimum absolute atomic E-state index is 0.0656. The number of rotatable bonds is 3. The molecule has 0 bridgehead atoms. The maximum absolute atomic E-state index is 11.5. The SMILES string of the molecule is Cc1ccc(NC(=O)NNC(=O)CC(C)O)cc1C. The number of hydrogen-bond acceptors (Lipinski definition) is 3. The van der Waals surface area contributed by atoms with Gasteiger partial charge in [0.05, 0.1) is 12.5 Å². The van der Waals surface area contributed by atoms with Crippen molar-refractivity contribution in [2.24, 2.45) is 0 Å². The second kappa shape index (κ2) is 6.75. The zero-order chi connectivity index (χ0) is 14.4. The van der Waals surface area contributed by atoms with Crippen LogP contribution in [0.4, 0.5) is 10.5 Å². The summed E-state index contributed by atoms with van der Waals surface area (Å²) in [5.41, 5.74) is 7.25. The van der Waals surface area contributed by atoms with E-state index in [9.17, 15) is 9.59 Å². The van der Waals surface area contributed by atoms with Gasteiger partial charge in [0, 0.05) is 5.69 Å². The van der Waals surface area contributed by atoms with Gasteiger partial charge in [0.25, 0.3) is 0 Å². The van der Waals surface area contributed by atoms with Crippen LogP contribution in [0.25, 0.3) is 0 Å². The van der Waals surface area contributed by atoms with Gasteiger partial charge in [0.2, 0.25) is 5.91 Å². The normalized spacial score (nSPS) is 11.6. The molecule has 1 rings (SSSR count). The third-order valence-electron chi connectivity index (χ3n) is 2.56. The number of hydrogen-bond donors (Lipinski definition) is 4. The van der Waals surface area contributed by atoms with Crippen molar-refractivity contribution in [2.75, 3.05) is 5.32 Å². The number of benzene rings is 1. The summed E-state index contributed by atoms with van der Waals surface area (Å²) in [5, 5.41) is 11.6. The largest absolute Gasteiger partial charge is 0.393 e. The predicted molar refractivity (Wildman–Crippen MR) is 72.5 cm³/mol. The highest BCUT2D eigenvalue weighted by Gasteiger charge is 2.07. The molecule has 3 amide bonds. The van der Waals surface area contributed by atoms with Gasteiger partial charge in [-0.2, -0.15) is 0 Å². The molecule has 0 aliphatic heterocycles. The van der Waals surface area contributed by atoms with Gasteiger partial charge in [-0.15, -0.1) is 0 Å². The summed E-state index contributed by atoms with van der Waals surface area (Å²) in [6.45, 7) is 5.42. The molecule has 6 heteroatoms. The zero-order valence-electron chi connectivity index (χ0n) is 11.3. The number of aliphatic hydroxyl groups is 1. The molecule has 0 fully saturated rings. The standard InChI is InChI=1S/C13H19N3O3/c1-8-4-5-11(6-9(8)2)14-13(19)16-15-12(18)7-10(3)17/h4-6,10,17H,7H2,1-3H3,(H,15,18)(H2,14,16,19). The molecule has 104 valence electrons. The van der Waals surface area contributed by atoms with Crippen LogP contribution in [0.15, 0.2) is 18.2 Å². The summed E-state index contributed by atoms with van der Waals surface area (Å²) in [5.74, 6) is -0.453. The number of aryl methyl sites for hydroxylation is 2. The Kier molecular flexibility index (Phi) is 5.32. The van der Waals surface area contributed by atoms with Crippen LogP contribution in [0, 0.1) is 13.8 Å². The molecule has 0 aromatic heterocycles. The molecule has 4 N–H and O–H groups in total. The average Bonchev–Trinajstić information content (AvgIpc) is 2.30. The molecule has 0 saturated carbocycles. The molecule has 0 aliphatic carbocycles. The van der Waals surface area contributed by atoms with Crippen molar-refractivity contribution in [3.05, 3.63) is 29.3 Å². The van der Waals surface area contributed by atoms with Crippen LogP contribution in [0.2, 0.25) is 0 Å². The first-order valence-corrected chi connectivity index (χ1v) is 5.99. The summed E-state index contributed by atoms with van der Waals surface area (Å²) < 4.78 is 0. The number of carbonyl (C=O) groups is 2. The van der Waals surface area contributed by atoms with Crippen LogP contribution in [0.1, 0.15) is 24.5 Å². The number of urea groups is 1. The topological polar surface area (TPSA) is 90.5 Å². The van der Waals surface area contributed by atoms with Crippen molar-refractivity contribution < 1.29 is 14.7 Å². The number of amides is 3. The average molecular weight is 265 g/mol. The van der Waals surface area contributed by atoms with Gasteiger partial charge in [0.15, 0.2) is 0 Å². The van der Waals surface area contributed by atoms with Crippen molar-refractivity contribution in [3.8, 4) is 0 Å². The molecule has 1 aromatic rings. The van der Waals surface area contributed by atoms with Crippen molar-refractivity contribution in [2.45, 2.75) is 33.3 Å². The van der Waals surface area contributed by atoms with Gasteiger partial charge >= 0.3 is 6.03 Å². The smallest absolute Gasteiger partial charge is 0.337 e. The van der Waals surface area contributed by atoms with E-state index >= 15 is 0 Å². The minimum atomic E-state index is -0.746. The van der Waals surface area contributed by atoms with Gasteiger partial charge in [-0.25, -0.2) is 10.2 Å². The van der Waals surface area contributed by atoms with E-state index in [0.29, 0.717) is 5.69 Å². The first-order valence-electron chi connectivity index (χ1n) is 5.99. The highest BCUT2D eigenvalue weighted by atomic mass is 16.3. The maximum Gasteiger partial charge on any atom is 0.337 e. The van der Waals surface area contributed by atoms with Gasteiger partial charge < -0.3 is 10.4 Å². The number of hydrazine groups is 1. The Morgan fingerprint density at radius 3 is 2.47 bits per heavy atom. The van der Waals surface area contributed by atoms with Crippen molar-refractivity contribution in [1.82, 2.24) is 10.9 Å². The van der Waals surface area contributed by atoms with Gasteiger partial charge in [-0.1, -0.05) is 6.07 Å². The molecule has 0 heterocycles. The van der Waals surface area contributed by atoms with Crippen LogP contribution >= 0.6 is 0 Å². The van der Waals surface area contributed by atoms with Crippen LogP contribution < -0.4 is 16.2 Å². The third kappa shape index (κ3) is 5.39. The Bertz CT molecular complexity index is 472. The van der Waals surface area contributed by atoms with E-state index < -0.39 is 18.0 Å². The monoisotopic (exact) mass is 265 g/mol. The molecule has 0 radical (unpaired) electrons. The second-order valence-corrected chi connectivity index (χ2v) is 4.48. The summed E-state index contributed by atoms with van der Waals surface area (Å²) >= 11 is 0. The maximum atomic E-state index is 11.5. The van der Waals surface area contributed by atoms with Gasteiger partial charge in [-0.05, 0) is 44.0 Å². The fraction of sp³-hybridized carbons (Fsp3) is 0.385. The predicted octanol–water partition coefficient (Wildman–Crippen LogP) is 1.23. The zero-order valence-corrected chi connectivity index (χ0v) is 11.3. The van der Waals surface area contributed by atoms with E-state index in [1.165, 1.54) is 6.92 Å². The number of anilines is 1. The van der Waals surface area contributed by atoms with E-state index in [0.717, 1.165) is 11.1 Å². The van der Waals surface area contributed by atoms with E-state index in [2.05, 4.69) is 16.2 Å². The Morgan fingerprint density at radius 2 is 1.89 bits per heavy atom. The molecule has 1 aromatic carbocycles. The van der Waals surface area contributed by atoms with E-state index in [1.807, 2.05) is 26.0 Å². The number of carbonyl (C=O) groups excluding carboxylic acids is 2. The molecule has 0 saturated heterocycles. The summed E-state index contributed by atoms with van der Waals surface area (Å²) in [7, 11) is 0. The molecule has 6 nitrogen and oxygen atoms in total. The summed E-state index contributed by atoms with van der Waals surface area (Å²) in [6, 6.07) is 4.98. The lowest BCUT2D eigenvalue weighted by Crippen LogP contribution is -2.44. The Balaban J connectivity index is 2.43. The minimum Gasteiger partial charge on any atom is -0.393 e. The van der Waals surface area contributed by atoms with Crippen LogP contribution in [0.5, 0.6) is 0 Å². The van der Waals surface area contributed by atoms with Crippen molar-refractivity contribution in [1.29, 1.82) is 0 Å². The molecule has 0 spiro atoms. The molecular formula is C13H19N3O3. The van der Waals surface area contributed by atoms with Crippen molar-refractivity contribution >= 4 is 17.6 Å². The molecular weight excluding hydrogens is 246 g/mol. The number of nitrogens with one attached hydrogen (secondary N) is 3. The Morgan fingerprint density at radius 1 is 1.21 bits per heavy atom. The first-order chi connectivity index (χ1) is 8.88. The second-order valence-electron chi connectivity index (χ2n) is 4.48. The van der Waals surface area contributed by atoms with Crippen molar-refractivity contribution in [3.63, 3.8) is 0 Å². The third-order valence-corrected chi connectivity index (χ3v) is 2.56. The van der Waals surface area contributed by atoms with Crippen LogP contribution in [-0.4, -0.2) is 23.1 Å². The van der Waals surface area contributed by atoms with Gasteiger partial charge in [-0.3, -0.25) is 10.2 Å². The molecule has 19 heavy (non-hydrogen) atoms. The fourth-order valence-electron chi connectivity index (χ4n) is 1.43.